The first-order chi connectivity index (χ1) is 12.7. The predicted octanol–water partition coefficient (Wildman–Crippen LogP) is 3.64. The van der Waals surface area contributed by atoms with Crippen LogP contribution in [-0.2, 0) is 4.79 Å². The molecule has 26 heavy (non-hydrogen) atoms. The summed E-state index contributed by atoms with van der Waals surface area (Å²) in [5.74, 6) is 2.18. The highest BCUT2D eigenvalue weighted by atomic mass is 35.5. The van der Waals surface area contributed by atoms with Crippen molar-refractivity contribution in [2.24, 2.45) is 17.8 Å². The van der Waals surface area contributed by atoms with E-state index in [2.05, 4.69) is 21.3 Å². The van der Waals surface area contributed by atoms with Gasteiger partial charge in [0.1, 0.15) is 0 Å². The van der Waals surface area contributed by atoms with Crippen LogP contribution in [0.15, 0.2) is 54.9 Å². The minimum atomic E-state index is -0.0441. The molecule has 1 saturated carbocycles. The van der Waals surface area contributed by atoms with E-state index >= 15 is 0 Å². The standard InChI is InChI=1S/C21H22ClN3O/c22-19-5-1-2-6-20(19)25-13-17-16(18(17)14-25)9-11-24-21(26)8-7-15-4-3-10-23-12-15/h1-8,10,12,16-18H,9,11,13-14H2,(H,24,26)/b8-7+/t16?,17-,18+. The highest BCUT2D eigenvalue weighted by Gasteiger charge is 2.55. The van der Waals surface area contributed by atoms with Crippen molar-refractivity contribution in [2.45, 2.75) is 6.42 Å². The Hall–Kier alpha value is -2.33. The van der Waals surface area contributed by atoms with Gasteiger partial charge < -0.3 is 10.2 Å². The number of rotatable bonds is 6. The maximum atomic E-state index is 11.9. The molecule has 0 bridgehead atoms. The van der Waals surface area contributed by atoms with Gasteiger partial charge in [-0.3, -0.25) is 9.78 Å². The van der Waals surface area contributed by atoms with Gasteiger partial charge in [0.05, 0.1) is 10.7 Å². The van der Waals surface area contributed by atoms with Gasteiger partial charge in [0, 0.05) is 38.1 Å². The van der Waals surface area contributed by atoms with Gasteiger partial charge in [0.25, 0.3) is 0 Å². The van der Waals surface area contributed by atoms with E-state index in [-0.39, 0.29) is 5.91 Å². The fourth-order valence-corrected chi connectivity index (χ4v) is 4.31. The highest BCUT2D eigenvalue weighted by molar-refractivity contribution is 6.33. The van der Waals surface area contributed by atoms with Crippen LogP contribution in [0.1, 0.15) is 12.0 Å². The van der Waals surface area contributed by atoms with Gasteiger partial charge in [0.2, 0.25) is 5.91 Å². The minimum Gasteiger partial charge on any atom is -0.370 e. The Bertz CT molecular complexity index is 796. The third kappa shape index (κ3) is 3.75. The molecule has 3 atom stereocenters. The van der Waals surface area contributed by atoms with E-state index in [1.807, 2.05) is 30.3 Å². The molecule has 4 nitrogen and oxygen atoms in total. The summed E-state index contributed by atoms with van der Waals surface area (Å²) in [4.78, 5) is 18.3. The van der Waals surface area contributed by atoms with Crippen molar-refractivity contribution < 1.29 is 4.79 Å². The molecule has 0 spiro atoms. The number of carbonyl (C=O) groups excluding carboxylic acids is 1. The number of aromatic nitrogens is 1. The normalized spacial score (nSPS) is 23.9. The molecule has 4 rings (SSSR count). The molecule has 2 heterocycles. The van der Waals surface area contributed by atoms with Crippen LogP contribution < -0.4 is 10.2 Å². The number of anilines is 1. The number of para-hydroxylation sites is 1. The summed E-state index contributed by atoms with van der Waals surface area (Å²) >= 11 is 6.30. The van der Waals surface area contributed by atoms with E-state index in [0.29, 0.717) is 0 Å². The summed E-state index contributed by atoms with van der Waals surface area (Å²) in [5.41, 5.74) is 2.08. The van der Waals surface area contributed by atoms with Crippen molar-refractivity contribution in [2.75, 3.05) is 24.5 Å². The van der Waals surface area contributed by atoms with Crippen LogP contribution in [0.2, 0.25) is 5.02 Å². The van der Waals surface area contributed by atoms with Crippen LogP contribution >= 0.6 is 11.6 Å². The monoisotopic (exact) mass is 367 g/mol. The molecule has 1 amide bonds. The first-order valence-corrected chi connectivity index (χ1v) is 9.45. The number of carbonyl (C=O) groups is 1. The van der Waals surface area contributed by atoms with Crippen LogP contribution in [0.25, 0.3) is 6.08 Å². The van der Waals surface area contributed by atoms with Crippen molar-refractivity contribution in [3.63, 3.8) is 0 Å². The Labute approximate surface area is 158 Å². The molecule has 2 aliphatic rings. The van der Waals surface area contributed by atoms with Crippen molar-refractivity contribution in [3.8, 4) is 0 Å². The molecule has 1 unspecified atom stereocenters. The van der Waals surface area contributed by atoms with Gasteiger partial charge in [-0.25, -0.2) is 0 Å². The molecule has 2 fully saturated rings. The van der Waals surface area contributed by atoms with Gasteiger partial charge in [-0.1, -0.05) is 29.8 Å². The third-order valence-corrected chi connectivity index (χ3v) is 5.77. The van der Waals surface area contributed by atoms with E-state index in [1.165, 1.54) is 0 Å². The molecular weight excluding hydrogens is 346 g/mol. The quantitative estimate of drug-likeness (QED) is 0.793. The molecular formula is C21H22ClN3O. The fraction of sp³-hybridized carbons (Fsp3) is 0.333. The second kappa shape index (κ2) is 7.50. The van der Waals surface area contributed by atoms with Crippen molar-refractivity contribution in [1.82, 2.24) is 10.3 Å². The first kappa shape index (κ1) is 17.1. The number of benzene rings is 1. The summed E-state index contributed by atoms with van der Waals surface area (Å²) in [5, 5.41) is 3.82. The summed E-state index contributed by atoms with van der Waals surface area (Å²) in [6.07, 6.45) is 7.87. The summed E-state index contributed by atoms with van der Waals surface area (Å²) in [6.45, 7) is 2.89. The third-order valence-electron chi connectivity index (χ3n) is 5.45. The fourth-order valence-electron chi connectivity index (χ4n) is 4.05. The molecule has 0 radical (unpaired) electrons. The zero-order valence-electron chi connectivity index (χ0n) is 14.5. The Morgan fingerprint density at radius 3 is 2.77 bits per heavy atom. The molecule has 1 aliphatic carbocycles. The number of fused-ring (bicyclic) bond motifs is 1. The number of hydrogen-bond acceptors (Lipinski definition) is 3. The van der Waals surface area contributed by atoms with Crippen molar-refractivity contribution >= 4 is 29.3 Å². The molecule has 1 aromatic heterocycles. The smallest absolute Gasteiger partial charge is 0.244 e. The summed E-state index contributed by atoms with van der Waals surface area (Å²) < 4.78 is 0. The van der Waals surface area contributed by atoms with Crippen LogP contribution in [0.4, 0.5) is 5.69 Å². The molecule has 134 valence electrons. The second-order valence-corrected chi connectivity index (χ2v) is 7.45. The van der Waals surface area contributed by atoms with Gasteiger partial charge in [-0.05, 0) is 54.0 Å². The first-order valence-electron chi connectivity index (χ1n) is 9.08. The average Bonchev–Trinajstić information content (AvgIpc) is 3.11. The van der Waals surface area contributed by atoms with Gasteiger partial charge >= 0.3 is 0 Å². The van der Waals surface area contributed by atoms with E-state index in [0.717, 1.165) is 60.1 Å². The van der Waals surface area contributed by atoms with Crippen molar-refractivity contribution in [3.05, 3.63) is 65.5 Å². The zero-order valence-corrected chi connectivity index (χ0v) is 15.3. The molecule has 1 aliphatic heterocycles. The Morgan fingerprint density at radius 1 is 1.23 bits per heavy atom. The maximum Gasteiger partial charge on any atom is 0.244 e. The topological polar surface area (TPSA) is 45.2 Å². The van der Waals surface area contributed by atoms with E-state index in [4.69, 9.17) is 11.6 Å². The number of nitrogens with zero attached hydrogens (tertiary/aromatic N) is 2. The second-order valence-electron chi connectivity index (χ2n) is 7.05. The van der Waals surface area contributed by atoms with Crippen LogP contribution in [0.3, 0.4) is 0 Å². The molecule has 1 aromatic carbocycles. The highest BCUT2D eigenvalue weighted by Crippen LogP contribution is 2.54. The van der Waals surface area contributed by atoms with Crippen LogP contribution in [0.5, 0.6) is 0 Å². The molecule has 1 saturated heterocycles. The predicted molar refractivity (Wildman–Crippen MR) is 105 cm³/mol. The number of amides is 1. The summed E-state index contributed by atoms with van der Waals surface area (Å²) in [6, 6.07) is 11.8. The van der Waals surface area contributed by atoms with Crippen LogP contribution in [-0.4, -0.2) is 30.5 Å². The largest absolute Gasteiger partial charge is 0.370 e. The molecule has 5 heteroatoms. The Morgan fingerprint density at radius 2 is 2.04 bits per heavy atom. The lowest BCUT2D eigenvalue weighted by atomic mass is 10.2. The van der Waals surface area contributed by atoms with Gasteiger partial charge in [-0.2, -0.15) is 0 Å². The minimum absolute atomic E-state index is 0.0441. The Kier molecular flexibility index (Phi) is 4.93. The zero-order chi connectivity index (χ0) is 17.9. The summed E-state index contributed by atoms with van der Waals surface area (Å²) in [7, 11) is 0. The lowest BCUT2D eigenvalue weighted by molar-refractivity contribution is -0.116. The lowest BCUT2D eigenvalue weighted by Crippen LogP contribution is -2.26. The number of halogens is 1. The average molecular weight is 368 g/mol. The molecule has 1 N–H and O–H groups in total. The van der Waals surface area contributed by atoms with Crippen molar-refractivity contribution in [1.29, 1.82) is 0 Å². The van der Waals surface area contributed by atoms with Gasteiger partial charge in [-0.15, -0.1) is 0 Å². The van der Waals surface area contributed by atoms with E-state index < -0.39 is 0 Å². The lowest BCUT2D eigenvalue weighted by Gasteiger charge is -2.23. The number of hydrogen-bond donors (Lipinski definition) is 1. The van der Waals surface area contributed by atoms with E-state index in [9.17, 15) is 4.79 Å². The SMILES string of the molecule is O=C(/C=C/c1cccnc1)NCCC1[C@H]2CN(c3ccccc3Cl)C[C@@H]12. The van der Waals surface area contributed by atoms with Gasteiger partial charge in [0.15, 0.2) is 0 Å². The molecule has 2 aromatic rings. The number of piperidine rings is 1. The number of pyridine rings is 1. The Balaban J connectivity index is 1.19. The van der Waals surface area contributed by atoms with Crippen LogP contribution in [0, 0.1) is 17.8 Å². The number of nitrogens with one attached hydrogen (secondary N) is 1. The maximum absolute atomic E-state index is 11.9. The van der Waals surface area contributed by atoms with E-state index in [1.54, 1.807) is 24.5 Å².